The predicted octanol–water partition coefficient (Wildman–Crippen LogP) is 0.590. The van der Waals surface area contributed by atoms with Gasteiger partial charge in [0.05, 0.1) is 11.4 Å². The number of amides is 2. The average molecular weight is 322 g/mol. The van der Waals surface area contributed by atoms with Crippen molar-refractivity contribution in [3.63, 3.8) is 0 Å². The van der Waals surface area contributed by atoms with E-state index in [4.69, 9.17) is 0 Å². The quantitative estimate of drug-likeness (QED) is 0.508. The molecule has 0 aromatic rings. The van der Waals surface area contributed by atoms with Crippen molar-refractivity contribution in [1.82, 2.24) is 15.5 Å². The molecule has 0 aliphatic rings. The van der Waals surface area contributed by atoms with E-state index in [9.17, 15) is 9.59 Å². The minimum atomic E-state index is -0.114. The first kappa shape index (κ1) is 17.4. The zero-order chi connectivity index (χ0) is 14.1. The normalized spacial score (nSPS) is 12.6. The first-order valence-electron chi connectivity index (χ1n) is 6.15. The molecule has 5 nitrogen and oxygen atoms in total. The van der Waals surface area contributed by atoms with Gasteiger partial charge in [-0.2, -0.15) is 0 Å². The zero-order valence-corrected chi connectivity index (χ0v) is 13.2. The van der Waals surface area contributed by atoms with E-state index >= 15 is 0 Å². The fourth-order valence-electron chi connectivity index (χ4n) is 1.55. The molecule has 0 saturated carbocycles. The Labute approximate surface area is 118 Å². The Balaban J connectivity index is 4.00. The molecule has 0 heterocycles. The van der Waals surface area contributed by atoms with Gasteiger partial charge in [-0.3, -0.25) is 14.5 Å². The molecule has 0 bridgehead atoms. The van der Waals surface area contributed by atoms with Crippen LogP contribution in [0.15, 0.2) is 0 Å². The largest absolute Gasteiger partial charge is 0.354 e. The Bertz CT molecular complexity index is 270. The summed E-state index contributed by atoms with van der Waals surface area (Å²) < 4.78 is 0. The van der Waals surface area contributed by atoms with E-state index in [1.807, 2.05) is 19.0 Å². The third kappa shape index (κ3) is 7.66. The van der Waals surface area contributed by atoms with Crippen molar-refractivity contribution in [3.05, 3.63) is 0 Å². The summed E-state index contributed by atoms with van der Waals surface area (Å²) in [4.78, 5) is 24.8. The van der Waals surface area contributed by atoms with Crippen molar-refractivity contribution >= 4 is 27.7 Å². The van der Waals surface area contributed by atoms with Gasteiger partial charge in [0.25, 0.3) is 0 Å². The van der Waals surface area contributed by atoms with Crippen LogP contribution in [0.5, 0.6) is 0 Å². The van der Waals surface area contributed by atoms with Crippen molar-refractivity contribution in [2.75, 3.05) is 32.5 Å². The van der Waals surface area contributed by atoms with Crippen LogP contribution in [-0.4, -0.2) is 55.3 Å². The van der Waals surface area contributed by atoms with Crippen molar-refractivity contribution < 1.29 is 9.59 Å². The molecule has 0 saturated heterocycles. The number of alkyl halides is 1. The smallest absolute Gasteiger partial charge is 0.237 e. The Morgan fingerprint density at radius 3 is 2.17 bits per heavy atom. The highest BCUT2D eigenvalue weighted by atomic mass is 79.9. The second kappa shape index (κ2) is 9.33. The van der Waals surface area contributed by atoms with Gasteiger partial charge >= 0.3 is 0 Å². The summed E-state index contributed by atoms with van der Waals surface area (Å²) in [7, 11) is 3.80. The molecule has 1 atom stereocenters. The lowest BCUT2D eigenvalue weighted by molar-refractivity contribution is -0.126. The number of hydrogen-bond donors (Lipinski definition) is 2. The van der Waals surface area contributed by atoms with Gasteiger partial charge in [-0.25, -0.2) is 0 Å². The number of hydrogen-bond acceptors (Lipinski definition) is 3. The molecule has 0 rings (SSSR count). The van der Waals surface area contributed by atoms with Crippen LogP contribution in [0.3, 0.4) is 0 Å². The number of likely N-dealkylation sites (N-methyl/N-ethyl adjacent to an activating group) is 1. The van der Waals surface area contributed by atoms with Crippen molar-refractivity contribution in [3.8, 4) is 0 Å². The highest BCUT2D eigenvalue weighted by Crippen LogP contribution is 2.08. The maximum atomic E-state index is 12.0. The number of carbonyl (C=O) groups excluding carboxylic acids is 2. The fourth-order valence-corrected chi connectivity index (χ4v) is 1.75. The molecule has 0 aromatic heterocycles. The Hall–Kier alpha value is -0.620. The van der Waals surface area contributed by atoms with E-state index in [1.54, 1.807) is 0 Å². The van der Waals surface area contributed by atoms with E-state index in [2.05, 4.69) is 40.4 Å². The lowest BCUT2D eigenvalue weighted by Crippen LogP contribution is -2.46. The molecule has 0 aliphatic carbocycles. The van der Waals surface area contributed by atoms with E-state index in [0.29, 0.717) is 19.0 Å². The lowest BCUT2D eigenvalue weighted by Gasteiger charge is -2.25. The average Bonchev–Trinajstić information content (AvgIpc) is 2.30. The van der Waals surface area contributed by atoms with Crippen LogP contribution in [0.25, 0.3) is 0 Å². The Kier molecular flexibility index (Phi) is 9.01. The predicted molar refractivity (Wildman–Crippen MR) is 76.7 cm³/mol. The highest BCUT2D eigenvalue weighted by molar-refractivity contribution is 9.09. The van der Waals surface area contributed by atoms with E-state index in [-0.39, 0.29) is 23.2 Å². The molecule has 106 valence electrons. The summed E-state index contributed by atoms with van der Waals surface area (Å²) >= 11 is 3.06. The van der Waals surface area contributed by atoms with Crippen molar-refractivity contribution in [2.24, 2.45) is 5.92 Å². The maximum Gasteiger partial charge on any atom is 0.237 e. The number of nitrogens with zero attached hydrogens (tertiary/aromatic N) is 1. The second-order valence-electron chi connectivity index (χ2n) is 4.88. The van der Waals surface area contributed by atoms with Gasteiger partial charge in [-0.15, -0.1) is 0 Å². The van der Waals surface area contributed by atoms with E-state index in [1.165, 1.54) is 0 Å². The van der Waals surface area contributed by atoms with Crippen LogP contribution in [0.4, 0.5) is 0 Å². The lowest BCUT2D eigenvalue weighted by atomic mass is 10.0. The van der Waals surface area contributed by atoms with Gasteiger partial charge in [0, 0.05) is 13.1 Å². The second-order valence-corrected chi connectivity index (χ2v) is 5.44. The van der Waals surface area contributed by atoms with Crippen LogP contribution in [-0.2, 0) is 9.59 Å². The summed E-state index contributed by atoms with van der Waals surface area (Å²) in [6, 6.07) is -0.114. The van der Waals surface area contributed by atoms with Gasteiger partial charge in [0.1, 0.15) is 0 Å². The minimum Gasteiger partial charge on any atom is -0.354 e. The number of carbonyl (C=O) groups is 2. The van der Waals surface area contributed by atoms with Crippen LogP contribution >= 0.6 is 15.9 Å². The maximum absolute atomic E-state index is 12.0. The number of rotatable bonds is 8. The standard InChI is InChI=1S/C12H24BrN3O2/c1-9(2)7-10(16(3)4)12(18)15-6-5-14-11(17)8-13/h9-10H,5-8H2,1-4H3,(H,14,17)(H,15,18). The van der Waals surface area contributed by atoms with Gasteiger partial charge in [0.2, 0.25) is 11.8 Å². The molecule has 1 unspecified atom stereocenters. The molecule has 2 N–H and O–H groups in total. The SMILES string of the molecule is CC(C)CC(C(=O)NCCNC(=O)CBr)N(C)C. The Morgan fingerprint density at radius 1 is 1.17 bits per heavy atom. The Morgan fingerprint density at radius 2 is 1.72 bits per heavy atom. The van der Waals surface area contributed by atoms with Gasteiger partial charge in [-0.1, -0.05) is 29.8 Å². The van der Waals surface area contributed by atoms with Crippen molar-refractivity contribution in [2.45, 2.75) is 26.3 Å². The summed E-state index contributed by atoms with van der Waals surface area (Å²) in [6.45, 7) is 5.11. The number of halogens is 1. The van der Waals surface area contributed by atoms with Gasteiger partial charge in [0.15, 0.2) is 0 Å². The molecule has 0 spiro atoms. The van der Waals surface area contributed by atoms with Gasteiger partial charge < -0.3 is 10.6 Å². The van der Waals surface area contributed by atoms with Crippen LogP contribution in [0.2, 0.25) is 0 Å². The highest BCUT2D eigenvalue weighted by Gasteiger charge is 2.21. The molecular weight excluding hydrogens is 298 g/mol. The molecule has 0 aromatic carbocycles. The summed E-state index contributed by atoms with van der Waals surface area (Å²) in [5.41, 5.74) is 0. The molecular formula is C12H24BrN3O2. The molecule has 6 heteroatoms. The summed E-state index contributed by atoms with van der Waals surface area (Å²) in [5, 5.41) is 5.81. The number of nitrogens with one attached hydrogen (secondary N) is 2. The summed E-state index contributed by atoms with van der Waals surface area (Å²) in [6.07, 6.45) is 0.826. The third-order valence-electron chi connectivity index (χ3n) is 2.49. The monoisotopic (exact) mass is 321 g/mol. The summed E-state index contributed by atoms with van der Waals surface area (Å²) in [5.74, 6) is 0.411. The molecule has 0 radical (unpaired) electrons. The first-order valence-corrected chi connectivity index (χ1v) is 7.27. The fraction of sp³-hybridized carbons (Fsp3) is 0.833. The third-order valence-corrected chi connectivity index (χ3v) is 3.00. The first-order chi connectivity index (χ1) is 8.38. The van der Waals surface area contributed by atoms with Gasteiger partial charge in [-0.05, 0) is 26.4 Å². The van der Waals surface area contributed by atoms with Crippen molar-refractivity contribution in [1.29, 1.82) is 0 Å². The van der Waals surface area contributed by atoms with E-state index in [0.717, 1.165) is 6.42 Å². The molecule has 2 amide bonds. The zero-order valence-electron chi connectivity index (χ0n) is 11.6. The van der Waals surface area contributed by atoms with Crippen LogP contribution in [0, 0.1) is 5.92 Å². The molecule has 0 fully saturated rings. The topological polar surface area (TPSA) is 61.4 Å². The van der Waals surface area contributed by atoms with Crippen LogP contribution < -0.4 is 10.6 Å². The minimum absolute atomic E-state index is 0.0155. The molecule has 0 aliphatic heterocycles. The van der Waals surface area contributed by atoms with E-state index < -0.39 is 0 Å². The molecule has 18 heavy (non-hydrogen) atoms. The van der Waals surface area contributed by atoms with Crippen LogP contribution in [0.1, 0.15) is 20.3 Å².